The van der Waals surface area contributed by atoms with E-state index in [1.807, 2.05) is 12.1 Å². The molecule has 4 heterocycles. The van der Waals surface area contributed by atoms with Crippen LogP contribution in [0.1, 0.15) is 108 Å². The summed E-state index contributed by atoms with van der Waals surface area (Å²) in [6, 6.07) is 14.5. The molecular formula is C42H45ClN6O7. The lowest BCUT2D eigenvalue weighted by Gasteiger charge is -2.63. The number of aromatic nitrogens is 1. The lowest BCUT2D eigenvalue weighted by molar-refractivity contribution is -0.164. The molecule has 3 fully saturated rings. The van der Waals surface area contributed by atoms with Gasteiger partial charge in [0.1, 0.15) is 29.7 Å². The summed E-state index contributed by atoms with van der Waals surface area (Å²) in [4.78, 5) is 71.4. The number of hydrogen-bond donors (Lipinski definition) is 2. The van der Waals surface area contributed by atoms with Crippen LogP contribution in [0.25, 0.3) is 0 Å². The molecule has 14 heteroatoms. The van der Waals surface area contributed by atoms with Crippen molar-refractivity contribution in [3.8, 4) is 17.6 Å². The molecule has 292 valence electrons. The largest absolute Gasteiger partial charge is 0.494 e. The Hall–Kier alpha value is -5.32. The van der Waals surface area contributed by atoms with E-state index in [1.54, 1.807) is 42.6 Å². The highest BCUT2D eigenvalue weighted by atomic mass is 35.5. The maximum absolute atomic E-state index is 13.4. The van der Waals surface area contributed by atoms with E-state index in [9.17, 15) is 29.2 Å². The average molecular weight is 781 g/mol. The van der Waals surface area contributed by atoms with Gasteiger partial charge in [-0.3, -0.25) is 39.2 Å². The number of amides is 5. The van der Waals surface area contributed by atoms with Gasteiger partial charge >= 0.3 is 0 Å². The molecule has 1 unspecified atom stereocenters. The van der Waals surface area contributed by atoms with Gasteiger partial charge in [0.25, 0.3) is 17.7 Å². The molecule has 2 aromatic carbocycles. The zero-order chi connectivity index (χ0) is 39.9. The number of nitrogens with one attached hydrogen (secondary N) is 2. The van der Waals surface area contributed by atoms with Crippen LogP contribution in [0, 0.1) is 22.2 Å². The van der Waals surface area contributed by atoms with Crippen molar-refractivity contribution in [1.82, 2.24) is 25.4 Å². The van der Waals surface area contributed by atoms with Crippen molar-refractivity contribution in [3.63, 3.8) is 0 Å². The van der Waals surface area contributed by atoms with Crippen LogP contribution in [0.4, 0.5) is 0 Å². The molecule has 2 N–H and O–H groups in total. The van der Waals surface area contributed by atoms with Gasteiger partial charge in [-0.15, -0.1) is 0 Å². The minimum Gasteiger partial charge on any atom is -0.494 e. The fraction of sp³-hybridized carbons (Fsp3) is 0.452. The lowest BCUT2D eigenvalue weighted by Crippen LogP contribution is -2.74. The Morgan fingerprint density at radius 1 is 0.964 bits per heavy atom. The van der Waals surface area contributed by atoms with Crippen LogP contribution in [-0.2, 0) is 9.59 Å². The number of halogens is 1. The van der Waals surface area contributed by atoms with Crippen molar-refractivity contribution < 1.29 is 33.4 Å². The second kappa shape index (κ2) is 15.3. The third-order valence-corrected chi connectivity index (χ3v) is 12.1. The summed E-state index contributed by atoms with van der Waals surface area (Å²) in [5.74, 6) is -0.985. The molecule has 3 aromatic rings. The third kappa shape index (κ3) is 7.35. The molecule has 3 aliphatic heterocycles. The van der Waals surface area contributed by atoms with Gasteiger partial charge in [-0.2, -0.15) is 5.26 Å². The molecule has 4 aliphatic rings. The predicted molar refractivity (Wildman–Crippen MR) is 205 cm³/mol. The first kappa shape index (κ1) is 38.9. The number of rotatable bonds is 11. The number of nitriles is 1. The summed E-state index contributed by atoms with van der Waals surface area (Å²) in [6.07, 6.45) is 4.29. The molecule has 13 nitrogen and oxygen atoms in total. The van der Waals surface area contributed by atoms with Crippen LogP contribution in [0.2, 0.25) is 5.02 Å². The summed E-state index contributed by atoms with van der Waals surface area (Å²) in [6.45, 7) is 11.4. The van der Waals surface area contributed by atoms with Crippen molar-refractivity contribution in [2.75, 3.05) is 26.2 Å². The summed E-state index contributed by atoms with van der Waals surface area (Å²) in [5, 5.41) is 15.0. The summed E-state index contributed by atoms with van der Waals surface area (Å²) >= 11 is 6.23. The smallest absolute Gasteiger partial charge is 0.262 e. The summed E-state index contributed by atoms with van der Waals surface area (Å²) in [5.41, 5.74) is 1.54. The molecule has 56 heavy (non-hydrogen) atoms. The maximum atomic E-state index is 13.4. The number of hydrogen-bond acceptors (Lipinski definition) is 10. The second-order valence-corrected chi connectivity index (χ2v) is 16.7. The Morgan fingerprint density at radius 2 is 1.68 bits per heavy atom. The van der Waals surface area contributed by atoms with E-state index < -0.39 is 29.7 Å². The topological polar surface area (TPSA) is 171 Å². The zero-order valence-electron chi connectivity index (χ0n) is 31.9. The lowest BCUT2D eigenvalue weighted by atomic mass is 9.49. The highest BCUT2D eigenvalue weighted by Crippen LogP contribution is 2.55. The van der Waals surface area contributed by atoms with Crippen molar-refractivity contribution >= 4 is 41.1 Å². The van der Waals surface area contributed by atoms with Crippen LogP contribution >= 0.6 is 11.6 Å². The molecule has 1 saturated carbocycles. The molecule has 0 radical (unpaired) electrons. The van der Waals surface area contributed by atoms with Gasteiger partial charge in [0, 0.05) is 53.7 Å². The number of nitrogens with zero attached hydrogens (tertiary/aromatic N) is 4. The summed E-state index contributed by atoms with van der Waals surface area (Å²) in [7, 11) is 0. The van der Waals surface area contributed by atoms with E-state index >= 15 is 0 Å². The Bertz CT molecular complexity index is 2110. The van der Waals surface area contributed by atoms with E-state index in [-0.39, 0.29) is 52.9 Å². The fourth-order valence-electron chi connectivity index (χ4n) is 9.06. The van der Waals surface area contributed by atoms with E-state index in [2.05, 4.69) is 49.3 Å². The Kier molecular flexibility index (Phi) is 10.6. The average Bonchev–Trinajstić information content (AvgIpc) is 3.42. The quantitative estimate of drug-likeness (QED) is 0.193. The van der Waals surface area contributed by atoms with Crippen LogP contribution in [0.15, 0.2) is 54.7 Å². The minimum atomic E-state index is -1.01. The standard InChI is InChI=1S/C42H45ClN6O7/c1-41(2)39(42(3,4)40(41)56-28-8-6-25(22-44)31(43)21-28)47-35(51)26-7-11-32(45-23-26)24-14-17-48(18-15-24)16-5-19-55-27-9-10-29-30(20-27)38(54)49(37(29)53)33-12-13-34(50)46-36(33)52/h6-11,20-21,23-24,33,39-40H,5,12-19H2,1-4H3,(H,47,51)(H,46,50,52)/t33?,39-,40-. The number of pyridine rings is 1. The molecule has 0 spiro atoms. The van der Waals surface area contributed by atoms with E-state index in [1.165, 1.54) is 0 Å². The van der Waals surface area contributed by atoms with Crippen LogP contribution in [0.3, 0.4) is 0 Å². The van der Waals surface area contributed by atoms with Gasteiger partial charge in [-0.1, -0.05) is 39.3 Å². The van der Waals surface area contributed by atoms with E-state index in [0.717, 1.165) is 49.5 Å². The van der Waals surface area contributed by atoms with Crippen LogP contribution < -0.4 is 20.1 Å². The van der Waals surface area contributed by atoms with Crippen molar-refractivity contribution in [1.29, 1.82) is 5.26 Å². The van der Waals surface area contributed by atoms with Crippen molar-refractivity contribution in [2.24, 2.45) is 10.8 Å². The number of imide groups is 2. The maximum Gasteiger partial charge on any atom is 0.262 e. The minimum absolute atomic E-state index is 0.0677. The van der Waals surface area contributed by atoms with Gasteiger partial charge in [0.05, 0.1) is 33.9 Å². The Balaban J connectivity index is 0.847. The number of benzene rings is 2. The highest BCUT2D eigenvalue weighted by Gasteiger charge is 2.64. The predicted octanol–water partition coefficient (Wildman–Crippen LogP) is 5.27. The number of piperidine rings is 2. The SMILES string of the molecule is CC1(C)[C@H](NC(=O)c2ccc(C3CCN(CCCOc4ccc5c(c4)C(=O)N(C4CCC(=O)NC4=O)C5=O)CC3)nc2)C(C)(C)[C@H]1Oc1ccc(C#N)c(Cl)c1. The number of ether oxygens (including phenoxy) is 2. The fourth-order valence-corrected chi connectivity index (χ4v) is 9.27. The van der Waals surface area contributed by atoms with Crippen LogP contribution in [-0.4, -0.2) is 88.7 Å². The van der Waals surface area contributed by atoms with Crippen molar-refractivity contribution in [2.45, 2.75) is 83.9 Å². The molecule has 1 aromatic heterocycles. The van der Waals surface area contributed by atoms with Gasteiger partial charge in [-0.05, 0) is 81.2 Å². The first-order valence-electron chi connectivity index (χ1n) is 19.0. The molecule has 5 amide bonds. The number of carbonyl (C=O) groups is 5. The Morgan fingerprint density at radius 3 is 2.34 bits per heavy atom. The molecule has 0 bridgehead atoms. The Labute approximate surface area is 330 Å². The van der Waals surface area contributed by atoms with Gasteiger partial charge in [-0.25, -0.2) is 0 Å². The van der Waals surface area contributed by atoms with Gasteiger partial charge in [0.2, 0.25) is 11.8 Å². The van der Waals surface area contributed by atoms with Gasteiger partial charge in [0.15, 0.2) is 0 Å². The van der Waals surface area contributed by atoms with E-state index in [4.69, 9.17) is 26.1 Å². The van der Waals surface area contributed by atoms with Crippen molar-refractivity contribution in [3.05, 3.63) is 87.7 Å². The number of carbonyl (C=O) groups excluding carboxylic acids is 5. The first-order valence-corrected chi connectivity index (χ1v) is 19.4. The molecule has 7 rings (SSSR count). The van der Waals surface area contributed by atoms with Gasteiger partial charge < -0.3 is 19.7 Å². The molecule has 1 aliphatic carbocycles. The number of fused-ring (bicyclic) bond motifs is 1. The summed E-state index contributed by atoms with van der Waals surface area (Å²) < 4.78 is 12.3. The van der Waals surface area contributed by atoms with E-state index in [0.29, 0.717) is 40.2 Å². The normalized spacial score (nSPS) is 23.1. The number of likely N-dealkylation sites (tertiary alicyclic amines) is 1. The highest BCUT2D eigenvalue weighted by molar-refractivity contribution is 6.31. The second-order valence-electron chi connectivity index (χ2n) is 16.2. The third-order valence-electron chi connectivity index (χ3n) is 11.8. The first-order chi connectivity index (χ1) is 26.7. The monoisotopic (exact) mass is 780 g/mol. The zero-order valence-corrected chi connectivity index (χ0v) is 32.7. The van der Waals surface area contributed by atoms with Crippen LogP contribution in [0.5, 0.6) is 11.5 Å². The molecule has 2 saturated heterocycles. The molecular weight excluding hydrogens is 736 g/mol. The molecule has 1 atom stereocenters.